The van der Waals surface area contributed by atoms with Crippen LogP contribution in [-0.2, 0) is 14.1 Å². The number of carbonyl (C=O) groups excluding carboxylic acids is 1. The predicted molar refractivity (Wildman–Crippen MR) is 49.6 cm³/mol. The molecule has 0 fully saturated rings. The molecule has 0 atom stereocenters. The van der Waals surface area contributed by atoms with Gasteiger partial charge >= 0.3 is 5.97 Å². The Bertz CT molecular complexity index is 160. The van der Waals surface area contributed by atoms with E-state index in [2.05, 4.69) is 30.0 Å². The van der Waals surface area contributed by atoms with Gasteiger partial charge in [0.25, 0.3) is 0 Å². The van der Waals surface area contributed by atoms with Crippen molar-refractivity contribution in [2.24, 2.45) is 0 Å². The Morgan fingerprint density at radius 3 is 2.55 bits per heavy atom. The molecule has 3 nitrogen and oxygen atoms in total. The molecule has 0 aromatic carbocycles. The van der Waals surface area contributed by atoms with E-state index in [1.54, 1.807) is 6.92 Å². The van der Waals surface area contributed by atoms with Crippen LogP contribution in [0.25, 0.3) is 0 Å². The molecule has 0 spiro atoms. The first-order chi connectivity index (χ1) is 5.02. The molecule has 0 aromatic heterocycles. The van der Waals surface area contributed by atoms with E-state index in [0.29, 0.717) is 6.61 Å². The van der Waals surface area contributed by atoms with E-state index in [0.717, 1.165) is 0 Å². The van der Waals surface area contributed by atoms with Crippen molar-refractivity contribution in [2.75, 3.05) is 6.61 Å². The minimum atomic E-state index is -1.10. The normalized spacial score (nSPS) is 11.5. The van der Waals surface area contributed by atoms with Crippen LogP contribution in [0.1, 0.15) is 13.3 Å². The van der Waals surface area contributed by atoms with Crippen molar-refractivity contribution in [2.45, 2.75) is 17.2 Å². The molecule has 64 valence electrons. The summed E-state index contributed by atoms with van der Waals surface area (Å²) in [5.74, 6) is -0.444. The Morgan fingerprint density at radius 2 is 2.18 bits per heavy atom. The quantitative estimate of drug-likeness (QED) is 0.323. The van der Waals surface area contributed by atoms with Gasteiger partial charge in [0, 0.05) is 0 Å². The van der Waals surface area contributed by atoms with Gasteiger partial charge in [0.1, 0.15) is 3.82 Å². The van der Waals surface area contributed by atoms with E-state index >= 15 is 0 Å². The Labute approximate surface area is 77.9 Å². The summed E-state index contributed by atoms with van der Waals surface area (Å²) < 4.78 is 13.8. The summed E-state index contributed by atoms with van der Waals surface area (Å²) in [6.45, 7) is 2.01. The molecule has 0 N–H and O–H groups in total. The summed E-state index contributed by atoms with van der Waals surface area (Å²) in [4.78, 5) is 10.8. The lowest BCUT2D eigenvalue weighted by Gasteiger charge is -2.11. The van der Waals surface area contributed by atoms with Crippen LogP contribution in [0.3, 0.4) is 0 Å². The van der Waals surface area contributed by atoms with Gasteiger partial charge in [-0.1, -0.05) is 0 Å². The molecule has 0 bridgehead atoms. The highest BCUT2D eigenvalue weighted by atomic mass is 32.2. The Balaban J connectivity index is 3.83. The van der Waals surface area contributed by atoms with Crippen LogP contribution in [-0.4, -0.2) is 16.4 Å². The minimum absolute atomic E-state index is 0.0713. The molecule has 0 saturated carbocycles. The topological polar surface area (TPSA) is 43.4 Å². The zero-order valence-electron chi connectivity index (χ0n) is 5.98. The van der Waals surface area contributed by atoms with Gasteiger partial charge in [0.15, 0.2) is 8.46 Å². The van der Waals surface area contributed by atoms with E-state index in [4.69, 9.17) is 0 Å². The molecular formula is C5H9O3PS2. The molecule has 6 heteroatoms. The molecular weight excluding hydrogens is 203 g/mol. The lowest BCUT2D eigenvalue weighted by atomic mass is 10.5. The fourth-order valence-corrected chi connectivity index (χ4v) is 0.890. The average Bonchev–Trinajstić information content (AvgIpc) is 1.87. The van der Waals surface area contributed by atoms with Crippen LogP contribution in [0.4, 0.5) is 0 Å². The van der Waals surface area contributed by atoms with Gasteiger partial charge in [0.2, 0.25) is 0 Å². The van der Waals surface area contributed by atoms with E-state index in [1.165, 1.54) is 0 Å². The Hall–Kier alpha value is 0.270. The van der Waals surface area contributed by atoms with Crippen LogP contribution in [0.5, 0.6) is 0 Å². The summed E-state index contributed by atoms with van der Waals surface area (Å²) >= 11 is 7.71. The summed E-state index contributed by atoms with van der Waals surface area (Å²) in [6.07, 6.45) is -0.0713. The molecule has 0 aliphatic rings. The molecule has 0 heterocycles. The summed E-state index contributed by atoms with van der Waals surface area (Å²) in [6, 6.07) is 0. The number of thiol groups is 2. The van der Waals surface area contributed by atoms with Crippen LogP contribution >= 0.6 is 33.7 Å². The molecule has 0 radical (unpaired) electrons. The van der Waals surface area contributed by atoms with Crippen molar-refractivity contribution >= 4 is 39.7 Å². The second kappa shape index (κ2) is 5.01. The third kappa shape index (κ3) is 5.53. The van der Waals surface area contributed by atoms with E-state index in [-0.39, 0.29) is 14.9 Å². The smallest absolute Gasteiger partial charge is 0.308 e. The first kappa shape index (κ1) is 11.3. The van der Waals surface area contributed by atoms with Gasteiger partial charge < -0.3 is 4.74 Å². The van der Waals surface area contributed by atoms with E-state index < -0.39 is 9.79 Å². The fraction of sp³-hybridized carbons (Fsp3) is 0.800. The molecule has 0 unspecified atom stereocenters. The van der Waals surface area contributed by atoms with Crippen molar-refractivity contribution in [3.8, 4) is 0 Å². The first-order valence-electron chi connectivity index (χ1n) is 2.96. The molecule has 0 aliphatic heterocycles. The Kier molecular flexibility index (Phi) is 5.13. The highest BCUT2D eigenvalue weighted by molar-refractivity contribution is 8.07. The van der Waals surface area contributed by atoms with Gasteiger partial charge in [-0.3, -0.25) is 9.36 Å². The average molecular weight is 212 g/mol. The molecule has 0 aliphatic carbocycles. The van der Waals surface area contributed by atoms with Crippen molar-refractivity contribution in [1.82, 2.24) is 0 Å². The van der Waals surface area contributed by atoms with Crippen molar-refractivity contribution in [1.29, 1.82) is 0 Å². The monoisotopic (exact) mass is 212 g/mol. The van der Waals surface area contributed by atoms with Gasteiger partial charge in [-0.25, -0.2) is 0 Å². The first-order valence-corrected chi connectivity index (χ1v) is 4.67. The van der Waals surface area contributed by atoms with Gasteiger partial charge in [-0.15, -0.1) is 25.3 Å². The maximum atomic E-state index is 10.8. The summed E-state index contributed by atoms with van der Waals surface area (Å²) in [5.41, 5.74) is 0. The largest absolute Gasteiger partial charge is 0.466 e. The number of esters is 1. The molecule has 0 rings (SSSR count). The molecule has 11 heavy (non-hydrogen) atoms. The fourth-order valence-electron chi connectivity index (χ4n) is 0.438. The number of carbonyl (C=O) groups is 1. The third-order valence-corrected chi connectivity index (χ3v) is 2.09. The number of hydrogen-bond donors (Lipinski definition) is 2. The zero-order valence-corrected chi connectivity index (χ0v) is 8.66. The van der Waals surface area contributed by atoms with Gasteiger partial charge in [0.05, 0.1) is 13.0 Å². The standard InChI is InChI=1S/C5H9O3PS2/c1-2-8-4(6)3-5(10,11)9-7/h10-11H,2-3H2,1H3. The van der Waals surface area contributed by atoms with E-state index in [1.807, 2.05) is 0 Å². The highest BCUT2D eigenvalue weighted by Crippen LogP contribution is 2.35. The maximum Gasteiger partial charge on any atom is 0.308 e. The van der Waals surface area contributed by atoms with Crippen molar-refractivity contribution in [3.05, 3.63) is 0 Å². The lowest BCUT2D eigenvalue weighted by molar-refractivity contribution is -0.142. The molecule has 0 saturated heterocycles. The minimum Gasteiger partial charge on any atom is -0.466 e. The Morgan fingerprint density at radius 1 is 1.64 bits per heavy atom. The van der Waals surface area contributed by atoms with Gasteiger partial charge in [-0.2, -0.15) is 0 Å². The third-order valence-electron chi connectivity index (χ3n) is 0.833. The lowest BCUT2D eigenvalue weighted by Crippen LogP contribution is -2.14. The van der Waals surface area contributed by atoms with Gasteiger partial charge in [-0.05, 0) is 6.92 Å². The number of hydrogen-bond acceptors (Lipinski definition) is 5. The van der Waals surface area contributed by atoms with Crippen LogP contribution in [0.15, 0.2) is 0 Å². The van der Waals surface area contributed by atoms with E-state index in [9.17, 15) is 9.36 Å². The van der Waals surface area contributed by atoms with Crippen LogP contribution < -0.4 is 0 Å². The predicted octanol–water partition coefficient (Wildman–Crippen LogP) is 1.74. The highest BCUT2D eigenvalue weighted by Gasteiger charge is 2.25. The number of rotatable bonds is 4. The molecule has 0 amide bonds. The van der Waals surface area contributed by atoms with Crippen molar-refractivity contribution < 1.29 is 14.1 Å². The van der Waals surface area contributed by atoms with Crippen LogP contribution in [0, 0.1) is 0 Å². The SMILES string of the molecule is CCOC(=O)CC(S)(S)P=O. The second-order valence-electron chi connectivity index (χ2n) is 1.85. The second-order valence-corrected chi connectivity index (χ2v) is 5.38. The van der Waals surface area contributed by atoms with Crippen LogP contribution in [0.2, 0.25) is 0 Å². The summed E-state index contributed by atoms with van der Waals surface area (Å²) in [7, 11) is -0.291. The van der Waals surface area contributed by atoms with Crippen molar-refractivity contribution in [3.63, 3.8) is 0 Å². The molecule has 0 aromatic rings. The summed E-state index contributed by atoms with van der Waals surface area (Å²) in [5, 5.41) is 0. The number of ether oxygens (including phenoxy) is 1. The zero-order chi connectivity index (χ0) is 8.91. The maximum absolute atomic E-state index is 10.8.